The minimum Gasteiger partial charge on any atom is -0.493 e. The third-order valence-electron chi connectivity index (χ3n) is 4.55. The highest BCUT2D eigenvalue weighted by Gasteiger charge is 2.22. The molecule has 0 bridgehead atoms. The van der Waals surface area contributed by atoms with E-state index in [2.05, 4.69) is 6.07 Å². The van der Waals surface area contributed by atoms with E-state index in [0.717, 1.165) is 29.3 Å². The summed E-state index contributed by atoms with van der Waals surface area (Å²) < 4.78 is 11.0. The molecule has 0 heterocycles. The molecule has 160 valence electrons. The van der Waals surface area contributed by atoms with Gasteiger partial charge in [-0.25, -0.2) is 0 Å². The van der Waals surface area contributed by atoms with Crippen LogP contribution >= 0.6 is 0 Å². The van der Waals surface area contributed by atoms with Crippen LogP contribution in [0.4, 0.5) is 11.4 Å². The Balaban J connectivity index is 1.96. The molecule has 0 aromatic heterocycles. The standard InChI is InChI=1S/C23H17N3O6/c1-15-3-6-17(7-4-15)18(14-24)11-16-5-9-22(23(12-16)31-2)32-21-10-8-19(25(27)28)13-20(21)26(29)30/h3-13H,1-2H3/b18-11+. The van der Waals surface area contributed by atoms with Crippen LogP contribution in [-0.4, -0.2) is 17.0 Å². The second-order valence-electron chi connectivity index (χ2n) is 6.71. The van der Waals surface area contributed by atoms with Gasteiger partial charge >= 0.3 is 5.69 Å². The summed E-state index contributed by atoms with van der Waals surface area (Å²) in [5.41, 5.74) is 1.98. The SMILES string of the molecule is COc1cc(/C=C(\C#N)c2ccc(C)cc2)ccc1Oc1ccc([N+](=O)[O-])cc1[N+](=O)[O-]. The molecule has 0 atom stereocenters. The monoisotopic (exact) mass is 431 g/mol. The fourth-order valence-electron chi connectivity index (χ4n) is 2.90. The van der Waals surface area contributed by atoms with Gasteiger partial charge in [0, 0.05) is 6.07 Å². The van der Waals surface area contributed by atoms with E-state index in [1.54, 1.807) is 24.3 Å². The van der Waals surface area contributed by atoms with Gasteiger partial charge in [0.25, 0.3) is 5.69 Å². The molecule has 0 radical (unpaired) electrons. The summed E-state index contributed by atoms with van der Waals surface area (Å²) >= 11 is 0. The maximum Gasteiger partial charge on any atom is 0.318 e. The van der Waals surface area contributed by atoms with E-state index in [9.17, 15) is 25.5 Å². The van der Waals surface area contributed by atoms with Crippen LogP contribution in [0, 0.1) is 38.5 Å². The molecule has 0 spiro atoms. The van der Waals surface area contributed by atoms with Crippen LogP contribution in [0.1, 0.15) is 16.7 Å². The quantitative estimate of drug-likeness (QED) is 0.204. The zero-order chi connectivity index (χ0) is 23.3. The van der Waals surface area contributed by atoms with Gasteiger partial charge in [0.05, 0.1) is 34.7 Å². The highest BCUT2D eigenvalue weighted by atomic mass is 16.6. The molecule has 9 nitrogen and oxygen atoms in total. The third-order valence-corrected chi connectivity index (χ3v) is 4.55. The number of non-ortho nitro benzene ring substituents is 1. The summed E-state index contributed by atoms with van der Waals surface area (Å²) in [7, 11) is 1.41. The maximum atomic E-state index is 11.3. The average molecular weight is 431 g/mol. The van der Waals surface area contributed by atoms with E-state index < -0.39 is 21.2 Å². The minimum atomic E-state index is -0.757. The number of aryl methyl sites for hydroxylation is 1. The highest BCUT2D eigenvalue weighted by Crippen LogP contribution is 2.38. The number of nitriles is 1. The van der Waals surface area contributed by atoms with Gasteiger partial charge in [0.15, 0.2) is 11.5 Å². The highest BCUT2D eigenvalue weighted by molar-refractivity contribution is 5.89. The number of nitro groups is 2. The first kappa shape index (κ1) is 22.0. The lowest BCUT2D eigenvalue weighted by atomic mass is 10.0. The fraction of sp³-hybridized carbons (Fsp3) is 0.0870. The number of nitrogens with zero attached hydrogens (tertiary/aromatic N) is 3. The summed E-state index contributed by atoms with van der Waals surface area (Å²) in [6.07, 6.45) is 1.69. The Bertz CT molecular complexity index is 1260. The Morgan fingerprint density at radius 1 is 0.938 bits per heavy atom. The summed E-state index contributed by atoms with van der Waals surface area (Å²) in [6, 6.07) is 17.6. The summed E-state index contributed by atoms with van der Waals surface area (Å²) in [5.74, 6) is 0.280. The first-order chi connectivity index (χ1) is 15.3. The zero-order valence-electron chi connectivity index (χ0n) is 17.1. The normalized spacial score (nSPS) is 10.8. The zero-order valence-corrected chi connectivity index (χ0v) is 17.1. The molecule has 0 fully saturated rings. The van der Waals surface area contributed by atoms with Crippen LogP contribution in [0.15, 0.2) is 60.7 Å². The number of rotatable bonds is 7. The van der Waals surface area contributed by atoms with Crippen molar-refractivity contribution in [2.24, 2.45) is 0 Å². The van der Waals surface area contributed by atoms with Crippen LogP contribution in [0.3, 0.4) is 0 Å². The maximum absolute atomic E-state index is 11.3. The van der Waals surface area contributed by atoms with Crippen molar-refractivity contribution >= 4 is 23.0 Å². The van der Waals surface area contributed by atoms with Crippen molar-refractivity contribution in [3.05, 3.63) is 97.6 Å². The van der Waals surface area contributed by atoms with Gasteiger partial charge in [-0.1, -0.05) is 35.9 Å². The average Bonchev–Trinajstić information content (AvgIpc) is 2.78. The van der Waals surface area contributed by atoms with Crippen molar-refractivity contribution in [3.8, 4) is 23.3 Å². The molecule has 0 unspecified atom stereocenters. The van der Waals surface area contributed by atoms with Crippen LogP contribution in [0.25, 0.3) is 11.6 Å². The van der Waals surface area contributed by atoms with Crippen LogP contribution < -0.4 is 9.47 Å². The second-order valence-corrected chi connectivity index (χ2v) is 6.71. The molecule has 3 rings (SSSR count). The molecule has 32 heavy (non-hydrogen) atoms. The van der Waals surface area contributed by atoms with Gasteiger partial charge in [-0.2, -0.15) is 5.26 Å². The third kappa shape index (κ3) is 4.88. The van der Waals surface area contributed by atoms with Gasteiger partial charge in [0.1, 0.15) is 0 Å². The van der Waals surface area contributed by atoms with E-state index in [-0.39, 0.29) is 17.2 Å². The lowest BCUT2D eigenvalue weighted by Gasteiger charge is -2.11. The van der Waals surface area contributed by atoms with Crippen molar-refractivity contribution < 1.29 is 19.3 Å². The first-order valence-electron chi connectivity index (χ1n) is 9.30. The summed E-state index contributed by atoms with van der Waals surface area (Å²) in [4.78, 5) is 20.8. The predicted octanol–water partition coefficient (Wildman–Crippen LogP) is 5.68. The number of hydrogen-bond donors (Lipinski definition) is 0. The van der Waals surface area contributed by atoms with E-state index in [4.69, 9.17) is 9.47 Å². The number of allylic oxidation sites excluding steroid dienone is 1. The molecule has 0 aliphatic heterocycles. The molecule has 0 aliphatic carbocycles. The Morgan fingerprint density at radius 2 is 1.62 bits per heavy atom. The van der Waals surface area contributed by atoms with Crippen LogP contribution in [-0.2, 0) is 0 Å². The van der Waals surface area contributed by atoms with E-state index in [0.29, 0.717) is 11.1 Å². The molecular weight excluding hydrogens is 414 g/mol. The largest absolute Gasteiger partial charge is 0.493 e. The predicted molar refractivity (Wildman–Crippen MR) is 117 cm³/mol. The minimum absolute atomic E-state index is 0.167. The van der Waals surface area contributed by atoms with Crippen molar-refractivity contribution in [2.75, 3.05) is 7.11 Å². The molecule has 0 N–H and O–H groups in total. The number of nitro benzene ring substituents is 2. The Labute approximate surface area is 183 Å². The topological polar surface area (TPSA) is 129 Å². The fourth-order valence-corrected chi connectivity index (χ4v) is 2.90. The molecule has 3 aromatic carbocycles. The smallest absolute Gasteiger partial charge is 0.318 e. The van der Waals surface area contributed by atoms with Gasteiger partial charge < -0.3 is 9.47 Å². The van der Waals surface area contributed by atoms with E-state index in [1.807, 2.05) is 31.2 Å². The molecule has 0 saturated heterocycles. The van der Waals surface area contributed by atoms with Gasteiger partial charge in [-0.15, -0.1) is 0 Å². The molecule has 0 saturated carbocycles. The molecule has 3 aromatic rings. The van der Waals surface area contributed by atoms with Crippen LogP contribution in [0.5, 0.6) is 17.2 Å². The molecular formula is C23H17N3O6. The number of hydrogen-bond acceptors (Lipinski definition) is 7. The number of benzene rings is 3. The van der Waals surface area contributed by atoms with Crippen molar-refractivity contribution in [1.82, 2.24) is 0 Å². The lowest BCUT2D eigenvalue weighted by molar-refractivity contribution is -0.394. The van der Waals surface area contributed by atoms with Gasteiger partial charge in [0.2, 0.25) is 5.75 Å². The Hall–Kier alpha value is -4.71. The number of methoxy groups -OCH3 is 1. The molecule has 0 aliphatic rings. The second kappa shape index (κ2) is 9.40. The Kier molecular flexibility index (Phi) is 6.46. The Morgan fingerprint density at radius 3 is 2.22 bits per heavy atom. The van der Waals surface area contributed by atoms with Crippen molar-refractivity contribution in [2.45, 2.75) is 6.92 Å². The summed E-state index contributed by atoms with van der Waals surface area (Å²) in [5, 5.41) is 31.8. The summed E-state index contributed by atoms with van der Waals surface area (Å²) in [6.45, 7) is 1.96. The number of ether oxygens (including phenoxy) is 2. The van der Waals surface area contributed by atoms with E-state index in [1.165, 1.54) is 7.11 Å². The molecule has 0 amide bonds. The first-order valence-corrected chi connectivity index (χ1v) is 9.30. The van der Waals surface area contributed by atoms with E-state index >= 15 is 0 Å². The van der Waals surface area contributed by atoms with Gasteiger partial charge in [-0.3, -0.25) is 20.2 Å². The van der Waals surface area contributed by atoms with Crippen molar-refractivity contribution in [1.29, 1.82) is 5.26 Å². The van der Waals surface area contributed by atoms with Crippen LogP contribution in [0.2, 0.25) is 0 Å². The van der Waals surface area contributed by atoms with Crippen molar-refractivity contribution in [3.63, 3.8) is 0 Å². The lowest BCUT2D eigenvalue weighted by Crippen LogP contribution is -1.97. The van der Waals surface area contributed by atoms with Gasteiger partial charge in [-0.05, 0) is 42.3 Å². The molecule has 9 heteroatoms.